The number of nitrogens with zero attached hydrogens (tertiary/aromatic N) is 3. The van der Waals surface area contributed by atoms with Crippen molar-refractivity contribution in [1.82, 2.24) is 19.9 Å². The monoisotopic (exact) mass is 588 g/mol. The van der Waals surface area contributed by atoms with Gasteiger partial charge in [0.1, 0.15) is 11.3 Å². The van der Waals surface area contributed by atoms with Gasteiger partial charge in [-0.3, -0.25) is 0 Å². The van der Waals surface area contributed by atoms with Gasteiger partial charge < -0.3 is 14.2 Å². The SMILES string of the molecule is CC(C)(C)OC(=O)NC1(c2ccc(-c3ccccc3-c3c(OS(=O)(=O)C(F)(F)F)nc4cccnn34)cc2)CCC1. The summed E-state index contributed by atoms with van der Waals surface area (Å²) < 4.78 is 74.5. The molecule has 4 aromatic rings. The number of imidazole rings is 1. The fraction of sp³-hybridized carbons (Fsp3) is 0.321. The third-order valence-electron chi connectivity index (χ3n) is 6.71. The second-order valence-corrected chi connectivity index (χ2v) is 12.3. The smallest absolute Gasteiger partial charge is 0.444 e. The van der Waals surface area contributed by atoms with E-state index in [1.165, 1.54) is 22.8 Å². The molecule has 2 aromatic carbocycles. The van der Waals surface area contributed by atoms with Crippen molar-refractivity contribution in [1.29, 1.82) is 0 Å². The summed E-state index contributed by atoms with van der Waals surface area (Å²) >= 11 is 0. The van der Waals surface area contributed by atoms with Crippen LogP contribution in [0.5, 0.6) is 5.88 Å². The van der Waals surface area contributed by atoms with Crippen molar-refractivity contribution in [2.45, 2.75) is 56.7 Å². The normalized spacial score (nSPS) is 15.3. The van der Waals surface area contributed by atoms with E-state index in [1.54, 1.807) is 45.0 Å². The maximum atomic E-state index is 13.2. The van der Waals surface area contributed by atoms with Gasteiger partial charge in [-0.25, -0.2) is 9.31 Å². The standard InChI is InChI=1S/C28H27F3N4O5S/c1-26(2,3)39-25(36)34-27(15-7-16-27)19-13-11-18(12-14-19)20-8-4-5-9-21(20)23-24(40-41(37,38)28(29,30)31)33-22-10-6-17-32-35(22)23/h4-6,8-14,17H,7,15-16H2,1-3H3,(H,34,36). The predicted molar refractivity (Wildman–Crippen MR) is 144 cm³/mol. The Hall–Kier alpha value is -4.13. The lowest BCUT2D eigenvalue weighted by Gasteiger charge is -2.43. The number of nitrogens with one attached hydrogen (secondary N) is 1. The molecule has 1 aliphatic rings. The topological polar surface area (TPSA) is 112 Å². The van der Waals surface area contributed by atoms with Crippen molar-refractivity contribution in [2.75, 3.05) is 0 Å². The van der Waals surface area contributed by atoms with Gasteiger partial charge in [0.2, 0.25) is 0 Å². The van der Waals surface area contributed by atoms with E-state index >= 15 is 0 Å². The number of amides is 1. The highest BCUT2D eigenvalue weighted by molar-refractivity contribution is 7.88. The van der Waals surface area contributed by atoms with Crippen molar-refractivity contribution in [3.05, 3.63) is 72.4 Å². The first-order valence-corrected chi connectivity index (χ1v) is 14.2. The summed E-state index contributed by atoms with van der Waals surface area (Å²) in [6, 6.07) is 17.2. The van der Waals surface area contributed by atoms with Crippen molar-refractivity contribution in [2.24, 2.45) is 0 Å². The summed E-state index contributed by atoms with van der Waals surface area (Å²) in [6.45, 7) is 5.38. The zero-order chi connectivity index (χ0) is 29.6. The quantitative estimate of drug-likeness (QED) is 0.211. The number of carbonyl (C=O) groups is 1. The van der Waals surface area contributed by atoms with Gasteiger partial charge in [0.15, 0.2) is 5.65 Å². The minimum Gasteiger partial charge on any atom is -0.444 e. The number of rotatable bonds is 6. The molecule has 0 radical (unpaired) electrons. The van der Waals surface area contributed by atoms with Crippen LogP contribution in [0.2, 0.25) is 0 Å². The molecule has 0 bridgehead atoms. The Kier molecular flexibility index (Phi) is 6.96. The number of aromatic nitrogens is 3. The minimum absolute atomic E-state index is 0.0600. The number of benzene rings is 2. The van der Waals surface area contributed by atoms with Gasteiger partial charge >= 0.3 is 21.7 Å². The molecule has 1 saturated carbocycles. The number of carbonyl (C=O) groups excluding carboxylic acids is 1. The number of alkyl carbamates (subject to hydrolysis) is 1. The number of hydrogen-bond donors (Lipinski definition) is 1. The van der Waals surface area contributed by atoms with Gasteiger partial charge in [0.25, 0.3) is 5.88 Å². The number of ether oxygens (including phenoxy) is 1. The minimum atomic E-state index is -5.99. The average molecular weight is 589 g/mol. The maximum absolute atomic E-state index is 13.2. The first-order valence-electron chi connectivity index (χ1n) is 12.8. The third kappa shape index (κ3) is 5.58. The molecule has 1 fully saturated rings. The second-order valence-electron chi connectivity index (χ2n) is 10.7. The molecule has 1 aliphatic carbocycles. The number of fused-ring (bicyclic) bond motifs is 1. The molecule has 41 heavy (non-hydrogen) atoms. The van der Waals surface area contributed by atoms with Gasteiger partial charge in [-0.2, -0.15) is 31.7 Å². The van der Waals surface area contributed by atoms with E-state index in [9.17, 15) is 26.4 Å². The molecule has 0 unspecified atom stereocenters. The van der Waals surface area contributed by atoms with Crippen molar-refractivity contribution >= 4 is 21.9 Å². The van der Waals surface area contributed by atoms with Gasteiger partial charge in [0, 0.05) is 11.8 Å². The van der Waals surface area contributed by atoms with Crippen LogP contribution in [0, 0.1) is 0 Å². The predicted octanol–water partition coefficient (Wildman–Crippen LogP) is 6.20. The molecule has 2 heterocycles. The summed E-state index contributed by atoms with van der Waals surface area (Å²) in [4.78, 5) is 16.5. The zero-order valence-corrected chi connectivity index (χ0v) is 23.2. The molecule has 2 aromatic heterocycles. The lowest BCUT2D eigenvalue weighted by Crippen LogP contribution is -2.52. The van der Waals surface area contributed by atoms with Crippen LogP contribution in [0.15, 0.2) is 66.9 Å². The van der Waals surface area contributed by atoms with Gasteiger partial charge in [-0.1, -0.05) is 48.5 Å². The summed E-state index contributed by atoms with van der Waals surface area (Å²) in [5.41, 5.74) is -4.33. The Morgan fingerprint density at radius 3 is 2.22 bits per heavy atom. The highest BCUT2D eigenvalue weighted by atomic mass is 32.2. The van der Waals surface area contributed by atoms with Crippen LogP contribution >= 0.6 is 0 Å². The molecular weight excluding hydrogens is 561 g/mol. The number of halogens is 3. The Morgan fingerprint density at radius 1 is 0.976 bits per heavy atom. The van der Waals surface area contributed by atoms with Crippen LogP contribution in [0.25, 0.3) is 28.0 Å². The van der Waals surface area contributed by atoms with E-state index in [0.717, 1.165) is 24.8 Å². The lowest BCUT2D eigenvalue weighted by molar-refractivity contribution is -0.0501. The van der Waals surface area contributed by atoms with Crippen LogP contribution in [-0.4, -0.2) is 40.2 Å². The molecule has 1 N–H and O–H groups in total. The molecule has 9 nitrogen and oxygen atoms in total. The molecule has 0 aliphatic heterocycles. The van der Waals surface area contributed by atoms with Crippen molar-refractivity contribution in [3.63, 3.8) is 0 Å². The third-order valence-corrected chi connectivity index (χ3v) is 7.66. The Balaban J connectivity index is 1.54. The first kappa shape index (κ1) is 28.4. The van der Waals surface area contributed by atoms with Crippen molar-refractivity contribution < 1.29 is 35.3 Å². The van der Waals surface area contributed by atoms with E-state index in [-0.39, 0.29) is 11.3 Å². The molecule has 216 valence electrons. The van der Waals surface area contributed by atoms with E-state index < -0.39 is 38.7 Å². The Labute approximate surface area is 234 Å². The average Bonchev–Trinajstić information content (AvgIpc) is 3.21. The Morgan fingerprint density at radius 2 is 1.63 bits per heavy atom. The lowest BCUT2D eigenvalue weighted by atomic mass is 9.71. The van der Waals surface area contributed by atoms with Crippen LogP contribution < -0.4 is 9.50 Å². The van der Waals surface area contributed by atoms with E-state index in [2.05, 4.69) is 19.6 Å². The molecule has 0 saturated heterocycles. The van der Waals surface area contributed by atoms with Gasteiger partial charge in [0.05, 0.1) is 5.54 Å². The largest absolute Gasteiger partial charge is 0.534 e. The van der Waals surface area contributed by atoms with Gasteiger partial charge in [-0.05, 0) is 68.9 Å². The van der Waals surface area contributed by atoms with Crippen molar-refractivity contribution in [3.8, 4) is 28.3 Å². The van der Waals surface area contributed by atoms with E-state index in [4.69, 9.17) is 4.74 Å². The molecular formula is C28H27F3N4O5S. The maximum Gasteiger partial charge on any atom is 0.534 e. The summed E-state index contributed by atoms with van der Waals surface area (Å²) in [5, 5.41) is 7.18. The number of hydrogen-bond acceptors (Lipinski definition) is 7. The van der Waals surface area contributed by atoms with Crippen LogP contribution in [0.4, 0.5) is 18.0 Å². The molecule has 0 spiro atoms. The van der Waals surface area contributed by atoms with Crippen LogP contribution in [-0.2, 0) is 20.4 Å². The summed E-state index contributed by atoms with van der Waals surface area (Å²) in [7, 11) is -5.99. The van der Waals surface area contributed by atoms with Crippen LogP contribution in [0.1, 0.15) is 45.6 Å². The highest BCUT2D eigenvalue weighted by Gasteiger charge is 2.49. The van der Waals surface area contributed by atoms with Crippen LogP contribution in [0.3, 0.4) is 0 Å². The first-order chi connectivity index (χ1) is 19.2. The molecule has 1 amide bonds. The summed E-state index contributed by atoms with van der Waals surface area (Å²) in [5.74, 6) is -0.750. The fourth-order valence-corrected chi connectivity index (χ4v) is 5.15. The van der Waals surface area contributed by atoms with E-state index in [1.807, 2.05) is 24.3 Å². The fourth-order valence-electron chi connectivity index (χ4n) is 4.73. The highest BCUT2D eigenvalue weighted by Crippen LogP contribution is 2.43. The Bertz CT molecular complexity index is 1710. The zero-order valence-electron chi connectivity index (χ0n) is 22.4. The van der Waals surface area contributed by atoms with E-state index in [0.29, 0.717) is 16.7 Å². The molecule has 0 atom stereocenters. The molecule has 5 rings (SSSR count). The second kappa shape index (κ2) is 10.1. The molecule has 13 heteroatoms. The number of alkyl halides is 3. The van der Waals surface area contributed by atoms with Gasteiger partial charge in [-0.15, -0.1) is 0 Å². The summed E-state index contributed by atoms with van der Waals surface area (Å²) in [6.07, 6.45) is 3.31.